The number of rotatable bonds is 4. The standard InChI is InChI=1S/C13H18N4S/c1-8(5-14-4)12-9(2)16-13(17-10(12)3)11-6-18-7-15-11/h6-8,14H,5H2,1-4H3. The molecule has 4 nitrogen and oxygen atoms in total. The summed E-state index contributed by atoms with van der Waals surface area (Å²) in [6, 6.07) is 0. The zero-order valence-electron chi connectivity index (χ0n) is 11.2. The minimum absolute atomic E-state index is 0.416. The van der Waals surface area contributed by atoms with E-state index >= 15 is 0 Å². The molecule has 0 aliphatic carbocycles. The van der Waals surface area contributed by atoms with Crippen molar-refractivity contribution >= 4 is 11.3 Å². The summed E-state index contributed by atoms with van der Waals surface area (Å²) >= 11 is 1.56. The van der Waals surface area contributed by atoms with Crippen LogP contribution in [-0.2, 0) is 0 Å². The van der Waals surface area contributed by atoms with Crippen molar-refractivity contribution in [2.75, 3.05) is 13.6 Å². The maximum absolute atomic E-state index is 4.59. The van der Waals surface area contributed by atoms with E-state index in [-0.39, 0.29) is 0 Å². The molecule has 0 aliphatic rings. The molecule has 0 spiro atoms. The quantitative estimate of drug-likeness (QED) is 0.920. The van der Waals surface area contributed by atoms with Gasteiger partial charge >= 0.3 is 0 Å². The van der Waals surface area contributed by atoms with Gasteiger partial charge in [0, 0.05) is 23.3 Å². The molecule has 0 aromatic carbocycles. The smallest absolute Gasteiger partial charge is 0.179 e. The Morgan fingerprint density at radius 3 is 2.44 bits per heavy atom. The molecule has 0 radical (unpaired) electrons. The first-order valence-corrected chi connectivity index (χ1v) is 6.96. The first-order chi connectivity index (χ1) is 8.63. The van der Waals surface area contributed by atoms with Gasteiger partial charge in [-0.3, -0.25) is 0 Å². The summed E-state index contributed by atoms with van der Waals surface area (Å²) in [5, 5.41) is 5.17. The van der Waals surface area contributed by atoms with Gasteiger partial charge < -0.3 is 5.32 Å². The fraction of sp³-hybridized carbons (Fsp3) is 0.462. The Bertz CT molecular complexity index is 499. The molecule has 0 bridgehead atoms. The van der Waals surface area contributed by atoms with Crippen LogP contribution in [0.4, 0.5) is 0 Å². The van der Waals surface area contributed by atoms with Crippen LogP contribution in [-0.4, -0.2) is 28.5 Å². The van der Waals surface area contributed by atoms with Crippen LogP contribution in [0.2, 0.25) is 0 Å². The van der Waals surface area contributed by atoms with Crippen molar-refractivity contribution in [2.24, 2.45) is 0 Å². The lowest BCUT2D eigenvalue weighted by atomic mass is 9.98. The largest absolute Gasteiger partial charge is 0.319 e. The van der Waals surface area contributed by atoms with E-state index in [1.807, 2.05) is 26.3 Å². The van der Waals surface area contributed by atoms with Gasteiger partial charge in [-0.15, -0.1) is 11.3 Å². The number of nitrogens with zero attached hydrogens (tertiary/aromatic N) is 3. The van der Waals surface area contributed by atoms with E-state index in [0.29, 0.717) is 5.92 Å². The van der Waals surface area contributed by atoms with E-state index < -0.39 is 0 Å². The van der Waals surface area contributed by atoms with Gasteiger partial charge in [-0.2, -0.15) is 0 Å². The summed E-state index contributed by atoms with van der Waals surface area (Å²) in [5.74, 6) is 1.14. The van der Waals surface area contributed by atoms with E-state index in [0.717, 1.165) is 29.5 Å². The minimum Gasteiger partial charge on any atom is -0.319 e. The Balaban J connectivity index is 2.41. The zero-order valence-corrected chi connectivity index (χ0v) is 12.0. The van der Waals surface area contributed by atoms with Crippen LogP contribution in [0.3, 0.4) is 0 Å². The summed E-state index contributed by atoms with van der Waals surface area (Å²) in [4.78, 5) is 13.4. The van der Waals surface area contributed by atoms with Gasteiger partial charge in [0.2, 0.25) is 0 Å². The highest BCUT2D eigenvalue weighted by molar-refractivity contribution is 7.07. The normalized spacial score (nSPS) is 12.7. The van der Waals surface area contributed by atoms with E-state index in [4.69, 9.17) is 0 Å². The predicted octanol–water partition coefficient (Wildman–Crippen LogP) is 2.54. The van der Waals surface area contributed by atoms with Gasteiger partial charge in [0.25, 0.3) is 0 Å². The monoisotopic (exact) mass is 262 g/mol. The average molecular weight is 262 g/mol. The molecule has 5 heteroatoms. The molecule has 2 aromatic heterocycles. The Morgan fingerprint density at radius 1 is 1.28 bits per heavy atom. The molecule has 0 saturated heterocycles. The molecule has 2 heterocycles. The van der Waals surface area contributed by atoms with Crippen molar-refractivity contribution in [3.05, 3.63) is 27.8 Å². The summed E-state index contributed by atoms with van der Waals surface area (Å²) in [6.45, 7) is 7.22. The molecule has 0 saturated carbocycles. The van der Waals surface area contributed by atoms with Gasteiger partial charge in [-0.25, -0.2) is 15.0 Å². The predicted molar refractivity (Wildman–Crippen MR) is 75.0 cm³/mol. The third-order valence-electron chi connectivity index (χ3n) is 2.99. The number of aryl methyl sites for hydroxylation is 2. The van der Waals surface area contributed by atoms with E-state index in [2.05, 4.69) is 27.2 Å². The fourth-order valence-electron chi connectivity index (χ4n) is 2.28. The molecule has 1 atom stereocenters. The molecular formula is C13H18N4S. The first-order valence-electron chi connectivity index (χ1n) is 6.01. The van der Waals surface area contributed by atoms with Gasteiger partial charge in [0.15, 0.2) is 5.82 Å². The van der Waals surface area contributed by atoms with Gasteiger partial charge in [0.05, 0.1) is 5.51 Å². The number of hydrogen-bond acceptors (Lipinski definition) is 5. The molecule has 0 amide bonds. The lowest BCUT2D eigenvalue weighted by Gasteiger charge is -2.16. The molecule has 96 valence electrons. The maximum Gasteiger partial charge on any atom is 0.179 e. The number of hydrogen-bond donors (Lipinski definition) is 1. The second-order valence-corrected chi connectivity index (χ2v) is 5.18. The van der Waals surface area contributed by atoms with Crippen LogP contribution >= 0.6 is 11.3 Å². The summed E-state index contributed by atoms with van der Waals surface area (Å²) < 4.78 is 0. The molecule has 2 aromatic rings. The highest BCUT2D eigenvalue weighted by Gasteiger charge is 2.15. The molecule has 1 N–H and O–H groups in total. The van der Waals surface area contributed by atoms with Crippen LogP contribution in [0.25, 0.3) is 11.5 Å². The lowest BCUT2D eigenvalue weighted by Crippen LogP contribution is -2.17. The Kier molecular flexibility index (Phi) is 4.04. The molecule has 0 fully saturated rings. The highest BCUT2D eigenvalue weighted by Crippen LogP contribution is 2.24. The van der Waals surface area contributed by atoms with Crippen LogP contribution in [0, 0.1) is 13.8 Å². The van der Waals surface area contributed by atoms with Crippen LogP contribution in [0.5, 0.6) is 0 Å². The minimum atomic E-state index is 0.416. The fourth-order valence-corrected chi connectivity index (χ4v) is 2.81. The van der Waals surface area contributed by atoms with E-state index in [9.17, 15) is 0 Å². The van der Waals surface area contributed by atoms with Crippen molar-refractivity contribution in [3.63, 3.8) is 0 Å². The summed E-state index contributed by atoms with van der Waals surface area (Å²) in [6.07, 6.45) is 0. The number of aromatic nitrogens is 3. The van der Waals surface area contributed by atoms with Gasteiger partial charge in [-0.1, -0.05) is 6.92 Å². The Hall–Kier alpha value is -1.33. The van der Waals surface area contributed by atoms with Crippen LogP contribution in [0.1, 0.15) is 29.8 Å². The van der Waals surface area contributed by atoms with Gasteiger partial charge in [-0.05, 0) is 32.4 Å². The van der Waals surface area contributed by atoms with Crippen molar-refractivity contribution in [1.29, 1.82) is 0 Å². The van der Waals surface area contributed by atoms with Crippen molar-refractivity contribution < 1.29 is 0 Å². The van der Waals surface area contributed by atoms with Crippen molar-refractivity contribution in [2.45, 2.75) is 26.7 Å². The Morgan fingerprint density at radius 2 is 1.94 bits per heavy atom. The molecular weight excluding hydrogens is 244 g/mol. The SMILES string of the molecule is CNCC(C)c1c(C)nc(-c2cscn2)nc1C. The highest BCUT2D eigenvalue weighted by atomic mass is 32.1. The van der Waals surface area contributed by atoms with Crippen molar-refractivity contribution in [3.8, 4) is 11.5 Å². The lowest BCUT2D eigenvalue weighted by molar-refractivity contribution is 0.662. The maximum atomic E-state index is 4.59. The summed E-state index contributed by atoms with van der Waals surface area (Å²) in [5.41, 5.74) is 6.00. The number of likely N-dealkylation sites (N-methyl/N-ethyl adjacent to an activating group) is 1. The number of thiazole rings is 1. The second-order valence-electron chi connectivity index (χ2n) is 4.46. The Labute approximate surface area is 112 Å². The zero-order chi connectivity index (χ0) is 13.1. The molecule has 1 unspecified atom stereocenters. The summed E-state index contributed by atoms with van der Waals surface area (Å²) in [7, 11) is 1.96. The molecule has 2 rings (SSSR count). The van der Waals surface area contributed by atoms with Crippen LogP contribution in [0.15, 0.2) is 10.9 Å². The van der Waals surface area contributed by atoms with Crippen LogP contribution < -0.4 is 5.32 Å². The average Bonchev–Trinajstić information content (AvgIpc) is 2.81. The van der Waals surface area contributed by atoms with Gasteiger partial charge in [0.1, 0.15) is 5.69 Å². The van der Waals surface area contributed by atoms with E-state index in [1.165, 1.54) is 5.56 Å². The third kappa shape index (κ3) is 2.57. The van der Waals surface area contributed by atoms with E-state index in [1.54, 1.807) is 16.8 Å². The topological polar surface area (TPSA) is 50.7 Å². The second kappa shape index (κ2) is 5.54. The third-order valence-corrected chi connectivity index (χ3v) is 3.58. The van der Waals surface area contributed by atoms with Crippen molar-refractivity contribution in [1.82, 2.24) is 20.3 Å². The number of nitrogens with one attached hydrogen (secondary N) is 1. The molecule has 0 aliphatic heterocycles. The molecule has 18 heavy (non-hydrogen) atoms. The first kappa shape index (κ1) is 13.1.